The van der Waals surface area contributed by atoms with Crippen LogP contribution >= 0.6 is 0 Å². The van der Waals surface area contributed by atoms with Crippen LogP contribution in [0.1, 0.15) is 19.3 Å². The van der Waals surface area contributed by atoms with Gasteiger partial charge in [0.1, 0.15) is 0 Å². The molecule has 13 heavy (non-hydrogen) atoms. The average molecular weight is 189 g/mol. The molecule has 0 bridgehead atoms. The summed E-state index contributed by atoms with van der Waals surface area (Å²) in [5.41, 5.74) is 0. The highest BCUT2D eigenvalue weighted by atomic mass is 16.5. The molecule has 0 amide bonds. The lowest BCUT2D eigenvalue weighted by molar-refractivity contribution is -0.140. The molecule has 0 fully saturated rings. The van der Waals surface area contributed by atoms with Crippen LogP contribution in [0.2, 0.25) is 0 Å². The minimum Gasteiger partial charge on any atom is -0.481 e. The number of carbonyl (C=O) groups is 2. The summed E-state index contributed by atoms with van der Waals surface area (Å²) in [7, 11) is 1.33. The Morgan fingerprint density at radius 2 is 2.08 bits per heavy atom. The lowest BCUT2D eigenvalue weighted by Crippen LogP contribution is -2.24. The smallest absolute Gasteiger partial charge is 0.319 e. The van der Waals surface area contributed by atoms with Crippen molar-refractivity contribution in [1.29, 1.82) is 0 Å². The normalized spacial score (nSPS) is 9.62. The third-order valence-electron chi connectivity index (χ3n) is 1.49. The van der Waals surface area contributed by atoms with E-state index >= 15 is 0 Å². The number of carbonyl (C=O) groups excluding carboxylic acids is 1. The van der Waals surface area contributed by atoms with Gasteiger partial charge in [0.15, 0.2) is 0 Å². The first-order valence-corrected chi connectivity index (χ1v) is 4.16. The van der Waals surface area contributed by atoms with E-state index in [1.165, 1.54) is 7.11 Å². The Hall–Kier alpha value is -1.10. The number of rotatable bonds is 7. The molecule has 0 atom stereocenters. The van der Waals surface area contributed by atoms with E-state index in [9.17, 15) is 9.59 Å². The lowest BCUT2D eigenvalue weighted by atomic mass is 10.2. The molecule has 0 aliphatic carbocycles. The maximum atomic E-state index is 10.6. The summed E-state index contributed by atoms with van der Waals surface area (Å²) >= 11 is 0. The second kappa shape index (κ2) is 7.54. The van der Waals surface area contributed by atoms with Gasteiger partial charge >= 0.3 is 11.9 Å². The molecular weight excluding hydrogens is 174 g/mol. The molecule has 76 valence electrons. The molecular formula is C8H15NO4. The van der Waals surface area contributed by atoms with Gasteiger partial charge in [-0.25, -0.2) is 0 Å². The molecule has 0 saturated heterocycles. The zero-order chi connectivity index (χ0) is 10.1. The number of hydrogen-bond donors (Lipinski definition) is 2. The van der Waals surface area contributed by atoms with Crippen LogP contribution in [0.4, 0.5) is 0 Å². The summed E-state index contributed by atoms with van der Waals surface area (Å²) < 4.78 is 4.40. The lowest BCUT2D eigenvalue weighted by Gasteiger charge is -2.01. The Kier molecular flexibility index (Phi) is 6.91. The summed E-state index contributed by atoms with van der Waals surface area (Å²) in [4.78, 5) is 20.7. The molecule has 0 aromatic rings. The van der Waals surface area contributed by atoms with Crippen molar-refractivity contribution in [2.45, 2.75) is 19.3 Å². The molecule has 5 heteroatoms. The molecule has 0 saturated carbocycles. The third kappa shape index (κ3) is 8.81. The molecule has 0 rings (SSSR count). The maximum Gasteiger partial charge on any atom is 0.319 e. The highest BCUT2D eigenvalue weighted by molar-refractivity contribution is 5.71. The quantitative estimate of drug-likeness (QED) is 0.435. The van der Waals surface area contributed by atoms with Crippen molar-refractivity contribution in [3.63, 3.8) is 0 Å². The van der Waals surface area contributed by atoms with Gasteiger partial charge in [-0.3, -0.25) is 9.59 Å². The molecule has 2 N–H and O–H groups in total. The molecule has 0 unspecified atom stereocenters. The number of unbranched alkanes of at least 4 members (excludes halogenated alkanes) is 1. The predicted molar refractivity (Wildman–Crippen MR) is 46.4 cm³/mol. The van der Waals surface area contributed by atoms with Crippen molar-refractivity contribution in [2.24, 2.45) is 0 Å². The van der Waals surface area contributed by atoms with Gasteiger partial charge in [0.2, 0.25) is 0 Å². The summed E-state index contributed by atoms with van der Waals surface area (Å²) in [5.74, 6) is -1.09. The maximum absolute atomic E-state index is 10.6. The highest BCUT2D eigenvalue weighted by Gasteiger charge is 1.99. The van der Waals surface area contributed by atoms with Crippen LogP contribution in [0.15, 0.2) is 0 Å². The van der Waals surface area contributed by atoms with Crippen LogP contribution in [-0.4, -0.2) is 37.2 Å². The largest absolute Gasteiger partial charge is 0.481 e. The van der Waals surface area contributed by atoms with E-state index in [0.29, 0.717) is 13.0 Å². The molecule has 0 aromatic carbocycles. The van der Waals surface area contributed by atoms with Gasteiger partial charge in [0.25, 0.3) is 0 Å². The predicted octanol–water partition coefficient (Wildman–Crippen LogP) is 0.00390. The van der Waals surface area contributed by atoms with Crippen LogP contribution in [-0.2, 0) is 14.3 Å². The van der Waals surface area contributed by atoms with Crippen LogP contribution in [0.3, 0.4) is 0 Å². The SMILES string of the molecule is COC(=O)CNCCCCC(=O)O. The fourth-order valence-electron chi connectivity index (χ4n) is 0.789. The molecule has 0 aliphatic heterocycles. The minimum absolute atomic E-state index is 0.180. The zero-order valence-corrected chi connectivity index (χ0v) is 7.71. The Labute approximate surface area is 77.1 Å². The van der Waals surface area contributed by atoms with Gasteiger partial charge in [-0.15, -0.1) is 0 Å². The summed E-state index contributed by atoms with van der Waals surface area (Å²) in [5, 5.41) is 11.1. The number of esters is 1. The van der Waals surface area contributed by atoms with E-state index in [-0.39, 0.29) is 18.9 Å². The summed E-state index contributed by atoms with van der Waals surface area (Å²) in [6, 6.07) is 0. The summed E-state index contributed by atoms with van der Waals surface area (Å²) in [6.45, 7) is 0.825. The van der Waals surface area contributed by atoms with Gasteiger partial charge in [0.05, 0.1) is 13.7 Å². The number of carboxylic acids is 1. The topological polar surface area (TPSA) is 75.6 Å². The molecule has 0 aliphatic rings. The van der Waals surface area contributed by atoms with Crippen molar-refractivity contribution >= 4 is 11.9 Å². The number of carboxylic acid groups (broad SMARTS) is 1. The van der Waals surface area contributed by atoms with E-state index in [2.05, 4.69) is 10.1 Å². The zero-order valence-electron chi connectivity index (χ0n) is 7.71. The Morgan fingerprint density at radius 1 is 1.38 bits per heavy atom. The van der Waals surface area contributed by atoms with E-state index in [1.54, 1.807) is 0 Å². The molecule has 0 aromatic heterocycles. The Morgan fingerprint density at radius 3 is 2.62 bits per heavy atom. The Balaban J connectivity index is 3.08. The molecule has 5 nitrogen and oxygen atoms in total. The number of ether oxygens (including phenoxy) is 1. The number of nitrogens with one attached hydrogen (secondary N) is 1. The first-order chi connectivity index (χ1) is 6.16. The number of methoxy groups -OCH3 is 1. The van der Waals surface area contributed by atoms with E-state index in [1.807, 2.05) is 0 Å². The highest BCUT2D eigenvalue weighted by Crippen LogP contribution is 1.92. The number of aliphatic carboxylic acids is 1. The van der Waals surface area contributed by atoms with Crippen molar-refractivity contribution in [2.75, 3.05) is 20.2 Å². The molecule has 0 heterocycles. The monoisotopic (exact) mass is 189 g/mol. The third-order valence-corrected chi connectivity index (χ3v) is 1.49. The van der Waals surface area contributed by atoms with E-state index in [4.69, 9.17) is 5.11 Å². The minimum atomic E-state index is -0.784. The second-order valence-corrected chi connectivity index (χ2v) is 2.60. The van der Waals surface area contributed by atoms with E-state index in [0.717, 1.165) is 6.42 Å². The van der Waals surface area contributed by atoms with Gasteiger partial charge in [-0.05, 0) is 19.4 Å². The molecule has 0 radical (unpaired) electrons. The fourth-order valence-corrected chi connectivity index (χ4v) is 0.789. The fraction of sp³-hybridized carbons (Fsp3) is 0.750. The van der Waals surface area contributed by atoms with Crippen LogP contribution in [0.5, 0.6) is 0 Å². The molecule has 0 spiro atoms. The number of hydrogen-bond acceptors (Lipinski definition) is 4. The van der Waals surface area contributed by atoms with Gasteiger partial charge in [0, 0.05) is 6.42 Å². The van der Waals surface area contributed by atoms with Gasteiger partial charge < -0.3 is 15.2 Å². The van der Waals surface area contributed by atoms with Crippen LogP contribution in [0, 0.1) is 0 Å². The summed E-state index contributed by atoms with van der Waals surface area (Å²) in [6.07, 6.45) is 1.56. The van der Waals surface area contributed by atoms with Crippen molar-refractivity contribution in [3.8, 4) is 0 Å². The average Bonchev–Trinajstić information content (AvgIpc) is 2.10. The van der Waals surface area contributed by atoms with Gasteiger partial charge in [-0.1, -0.05) is 0 Å². The van der Waals surface area contributed by atoms with Gasteiger partial charge in [-0.2, -0.15) is 0 Å². The first-order valence-electron chi connectivity index (χ1n) is 4.16. The second-order valence-electron chi connectivity index (χ2n) is 2.60. The van der Waals surface area contributed by atoms with Crippen molar-refractivity contribution in [3.05, 3.63) is 0 Å². The van der Waals surface area contributed by atoms with Crippen LogP contribution < -0.4 is 5.32 Å². The van der Waals surface area contributed by atoms with E-state index < -0.39 is 5.97 Å². The standard InChI is InChI=1S/C8H15NO4/c1-13-8(12)6-9-5-3-2-4-7(10)11/h9H,2-6H2,1H3,(H,10,11). The first kappa shape index (κ1) is 11.9. The Bertz CT molecular complexity index is 170. The van der Waals surface area contributed by atoms with Crippen molar-refractivity contribution < 1.29 is 19.4 Å². The van der Waals surface area contributed by atoms with Crippen LogP contribution in [0.25, 0.3) is 0 Å². The van der Waals surface area contributed by atoms with Crippen molar-refractivity contribution in [1.82, 2.24) is 5.32 Å².